The van der Waals surface area contributed by atoms with Gasteiger partial charge in [0.2, 0.25) is 5.91 Å². The second kappa shape index (κ2) is 9.25. The fourth-order valence-corrected chi connectivity index (χ4v) is 3.08. The van der Waals surface area contributed by atoms with E-state index in [0.29, 0.717) is 17.1 Å². The Kier molecular flexibility index (Phi) is 6.51. The molecule has 0 radical (unpaired) electrons. The lowest BCUT2D eigenvalue weighted by molar-refractivity contribution is -0.119. The summed E-state index contributed by atoms with van der Waals surface area (Å²) in [4.78, 5) is 24.9. The third-order valence-corrected chi connectivity index (χ3v) is 4.88. The molecule has 2 amide bonds. The van der Waals surface area contributed by atoms with E-state index in [0.717, 1.165) is 10.5 Å². The fraction of sp³-hybridized carbons (Fsp3) is 0.105. The molecule has 3 rings (SSSR count). The van der Waals surface area contributed by atoms with Crippen molar-refractivity contribution in [2.75, 3.05) is 5.75 Å². The molecule has 1 heterocycles. The number of carbonyl (C=O) groups is 2. The second-order valence-corrected chi connectivity index (χ2v) is 7.13. The van der Waals surface area contributed by atoms with Crippen molar-refractivity contribution in [3.05, 3.63) is 83.1 Å². The molecular weight excluding hydrogens is 384 g/mol. The number of hydrazine groups is 1. The Balaban J connectivity index is 1.44. The van der Waals surface area contributed by atoms with Gasteiger partial charge in [-0.2, -0.15) is 5.10 Å². The summed E-state index contributed by atoms with van der Waals surface area (Å²) >= 11 is 7.18. The first-order valence-electron chi connectivity index (χ1n) is 8.14. The molecule has 0 fully saturated rings. The summed E-state index contributed by atoms with van der Waals surface area (Å²) in [5.74, 6) is -0.478. The van der Waals surface area contributed by atoms with E-state index in [1.807, 2.05) is 36.5 Å². The van der Waals surface area contributed by atoms with Gasteiger partial charge in [-0.15, -0.1) is 11.8 Å². The van der Waals surface area contributed by atoms with Crippen molar-refractivity contribution in [3.63, 3.8) is 0 Å². The highest BCUT2D eigenvalue weighted by atomic mass is 35.5. The molecule has 138 valence electrons. The normalized spacial score (nSPS) is 10.4. The molecule has 0 atom stereocenters. The first-order chi connectivity index (χ1) is 13.1. The zero-order chi connectivity index (χ0) is 19.1. The Labute approximate surface area is 165 Å². The molecule has 0 aliphatic carbocycles. The number of thioether (sulfide) groups is 1. The van der Waals surface area contributed by atoms with Crippen molar-refractivity contribution in [3.8, 4) is 0 Å². The summed E-state index contributed by atoms with van der Waals surface area (Å²) in [7, 11) is 0. The van der Waals surface area contributed by atoms with E-state index in [-0.39, 0.29) is 17.6 Å². The molecule has 0 saturated carbocycles. The molecule has 0 saturated heterocycles. The van der Waals surface area contributed by atoms with Gasteiger partial charge in [0.25, 0.3) is 5.91 Å². The summed E-state index contributed by atoms with van der Waals surface area (Å²) in [6.45, 7) is 0.632. The van der Waals surface area contributed by atoms with Gasteiger partial charge < -0.3 is 0 Å². The molecule has 0 unspecified atom stereocenters. The number of rotatable bonds is 6. The maximum atomic E-state index is 12.1. The first kappa shape index (κ1) is 19.0. The molecule has 0 spiro atoms. The average Bonchev–Trinajstić information content (AvgIpc) is 3.19. The van der Waals surface area contributed by atoms with Crippen LogP contribution in [0.5, 0.6) is 0 Å². The van der Waals surface area contributed by atoms with Gasteiger partial charge in [0.1, 0.15) is 0 Å². The van der Waals surface area contributed by atoms with Gasteiger partial charge >= 0.3 is 0 Å². The highest BCUT2D eigenvalue weighted by molar-refractivity contribution is 8.00. The Hall–Kier alpha value is -2.77. The summed E-state index contributed by atoms with van der Waals surface area (Å²) in [6, 6.07) is 16.2. The van der Waals surface area contributed by atoms with Crippen molar-refractivity contribution in [2.45, 2.75) is 11.4 Å². The molecule has 3 aromatic rings. The lowest BCUT2D eigenvalue weighted by Crippen LogP contribution is -2.42. The first-order valence-corrected chi connectivity index (χ1v) is 9.50. The topological polar surface area (TPSA) is 76.0 Å². The molecule has 0 aliphatic heterocycles. The number of hydrogen-bond donors (Lipinski definition) is 2. The van der Waals surface area contributed by atoms with Crippen LogP contribution in [0.1, 0.15) is 15.9 Å². The largest absolute Gasteiger partial charge is 0.272 e. The Morgan fingerprint density at radius 2 is 1.78 bits per heavy atom. The van der Waals surface area contributed by atoms with Crippen molar-refractivity contribution in [1.82, 2.24) is 20.6 Å². The Morgan fingerprint density at radius 3 is 2.44 bits per heavy atom. The van der Waals surface area contributed by atoms with Gasteiger partial charge in [-0.25, -0.2) is 0 Å². The number of carbonyl (C=O) groups excluding carboxylic acids is 2. The van der Waals surface area contributed by atoms with Gasteiger partial charge in [-0.3, -0.25) is 25.1 Å². The number of hydrogen-bond acceptors (Lipinski definition) is 4. The van der Waals surface area contributed by atoms with Crippen LogP contribution >= 0.6 is 23.4 Å². The van der Waals surface area contributed by atoms with E-state index in [2.05, 4.69) is 16.0 Å². The predicted octanol–water partition coefficient (Wildman–Crippen LogP) is 3.14. The quantitative estimate of drug-likeness (QED) is 0.492. The van der Waals surface area contributed by atoms with Crippen LogP contribution in [0.25, 0.3) is 0 Å². The van der Waals surface area contributed by atoms with Gasteiger partial charge in [-0.05, 0) is 48.0 Å². The number of benzene rings is 2. The average molecular weight is 401 g/mol. The minimum absolute atomic E-state index is 0.185. The third-order valence-electron chi connectivity index (χ3n) is 3.62. The van der Waals surface area contributed by atoms with Crippen molar-refractivity contribution >= 4 is 35.2 Å². The van der Waals surface area contributed by atoms with Gasteiger partial charge in [0.15, 0.2) is 0 Å². The van der Waals surface area contributed by atoms with Crippen LogP contribution in [0.4, 0.5) is 0 Å². The highest BCUT2D eigenvalue weighted by Gasteiger charge is 2.08. The number of halogens is 1. The molecule has 2 aromatic carbocycles. The smallest absolute Gasteiger partial charge is 0.269 e. The van der Waals surface area contributed by atoms with E-state index in [4.69, 9.17) is 11.6 Å². The summed E-state index contributed by atoms with van der Waals surface area (Å²) in [6.07, 6.45) is 3.59. The van der Waals surface area contributed by atoms with E-state index in [1.54, 1.807) is 35.1 Å². The zero-order valence-corrected chi connectivity index (χ0v) is 15.8. The molecule has 0 bridgehead atoms. The highest BCUT2D eigenvalue weighted by Crippen LogP contribution is 2.19. The van der Waals surface area contributed by atoms with Crippen LogP contribution in [-0.2, 0) is 11.3 Å². The van der Waals surface area contributed by atoms with Crippen LogP contribution in [-0.4, -0.2) is 27.3 Å². The monoisotopic (exact) mass is 400 g/mol. The second-order valence-electron chi connectivity index (χ2n) is 5.65. The van der Waals surface area contributed by atoms with E-state index >= 15 is 0 Å². The molecule has 8 heteroatoms. The SMILES string of the molecule is O=C(CSc1ccc(Cl)cc1)NNC(=O)c1ccc(Cn2cccn2)cc1. The van der Waals surface area contributed by atoms with E-state index < -0.39 is 0 Å². The number of nitrogens with zero attached hydrogens (tertiary/aromatic N) is 2. The maximum absolute atomic E-state index is 12.1. The third kappa shape index (κ3) is 5.87. The molecule has 2 N–H and O–H groups in total. The molecule has 1 aromatic heterocycles. The van der Waals surface area contributed by atoms with Crippen molar-refractivity contribution in [1.29, 1.82) is 0 Å². The number of aromatic nitrogens is 2. The Morgan fingerprint density at radius 1 is 1.04 bits per heavy atom. The Bertz CT molecular complexity index is 896. The van der Waals surface area contributed by atoms with Gasteiger partial charge in [0.05, 0.1) is 12.3 Å². The molecule has 27 heavy (non-hydrogen) atoms. The summed E-state index contributed by atoms with van der Waals surface area (Å²) < 4.78 is 1.80. The zero-order valence-electron chi connectivity index (χ0n) is 14.3. The van der Waals surface area contributed by atoms with Crippen molar-refractivity contribution < 1.29 is 9.59 Å². The lowest BCUT2D eigenvalue weighted by Gasteiger charge is -2.08. The van der Waals surface area contributed by atoms with E-state index in [1.165, 1.54) is 11.8 Å². The number of amides is 2. The standard InChI is InChI=1S/C19H17ClN4O2S/c20-16-6-8-17(9-7-16)27-13-18(25)22-23-19(26)15-4-2-14(3-5-15)12-24-11-1-10-21-24/h1-11H,12-13H2,(H,22,25)(H,23,26). The maximum Gasteiger partial charge on any atom is 0.269 e. The van der Waals surface area contributed by atoms with Gasteiger partial charge in [0, 0.05) is 27.9 Å². The molecular formula is C19H17ClN4O2S. The fourth-order valence-electron chi connectivity index (χ4n) is 2.26. The van der Waals surface area contributed by atoms with E-state index in [9.17, 15) is 9.59 Å². The summed E-state index contributed by atoms with van der Waals surface area (Å²) in [5.41, 5.74) is 6.32. The number of nitrogens with one attached hydrogen (secondary N) is 2. The van der Waals surface area contributed by atoms with Crippen LogP contribution in [0.2, 0.25) is 5.02 Å². The van der Waals surface area contributed by atoms with Crippen LogP contribution in [0.15, 0.2) is 71.9 Å². The molecule has 6 nitrogen and oxygen atoms in total. The minimum atomic E-state index is -0.370. The summed E-state index contributed by atoms with van der Waals surface area (Å²) in [5, 5.41) is 4.79. The van der Waals surface area contributed by atoms with Crippen LogP contribution < -0.4 is 10.9 Å². The van der Waals surface area contributed by atoms with Crippen LogP contribution in [0.3, 0.4) is 0 Å². The predicted molar refractivity (Wildman–Crippen MR) is 106 cm³/mol. The lowest BCUT2D eigenvalue weighted by atomic mass is 10.1. The molecule has 0 aliphatic rings. The van der Waals surface area contributed by atoms with Gasteiger partial charge in [-0.1, -0.05) is 23.7 Å². The van der Waals surface area contributed by atoms with Crippen LogP contribution in [0, 0.1) is 0 Å². The van der Waals surface area contributed by atoms with Crippen molar-refractivity contribution in [2.24, 2.45) is 0 Å². The minimum Gasteiger partial charge on any atom is -0.272 e.